The Labute approximate surface area is 126 Å². The van der Waals surface area contributed by atoms with Gasteiger partial charge in [0.25, 0.3) is 0 Å². The van der Waals surface area contributed by atoms with Crippen LogP contribution in [0, 0.1) is 11.8 Å². The summed E-state index contributed by atoms with van der Waals surface area (Å²) in [6.07, 6.45) is 12.3. The van der Waals surface area contributed by atoms with Crippen LogP contribution in [0.25, 0.3) is 0 Å². The maximum atomic E-state index is 13.0. The molecule has 1 saturated heterocycles. The van der Waals surface area contributed by atoms with Crippen molar-refractivity contribution in [3.05, 3.63) is 12.2 Å². The Balaban J connectivity index is 1.81. The van der Waals surface area contributed by atoms with Gasteiger partial charge < -0.3 is 9.64 Å². The van der Waals surface area contributed by atoms with Gasteiger partial charge in [-0.3, -0.25) is 4.79 Å². The van der Waals surface area contributed by atoms with Gasteiger partial charge >= 0.3 is 5.97 Å². The molecule has 0 aromatic rings. The standard InChI is InChI=1S/C17H25NO3/c1-21-17(20)15-11-13-9-5-6-10-14(13)18(15)16(19)12-7-3-2-4-8-12/h2-3,12-15H,4-11H2,1H3. The van der Waals surface area contributed by atoms with Crippen LogP contribution in [0.4, 0.5) is 0 Å². The molecule has 0 spiro atoms. The fourth-order valence-corrected chi connectivity index (χ4v) is 4.35. The lowest BCUT2D eigenvalue weighted by Crippen LogP contribution is -2.49. The average Bonchev–Trinajstić information content (AvgIpc) is 2.93. The van der Waals surface area contributed by atoms with Crippen molar-refractivity contribution < 1.29 is 14.3 Å². The topological polar surface area (TPSA) is 46.6 Å². The van der Waals surface area contributed by atoms with Crippen molar-refractivity contribution in [2.75, 3.05) is 7.11 Å². The molecule has 1 amide bonds. The summed E-state index contributed by atoms with van der Waals surface area (Å²) >= 11 is 0. The number of esters is 1. The molecule has 4 unspecified atom stereocenters. The molecule has 3 rings (SSSR count). The highest BCUT2D eigenvalue weighted by molar-refractivity contribution is 5.87. The number of allylic oxidation sites excluding steroid dienone is 2. The molecule has 1 aliphatic heterocycles. The zero-order chi connectivity index (χ0) is 14.8. The van der Waals surface area contributed by atoms with Crippen LogP contribution in [0.2, 0.25) is 0 Å². The number of ether oxygens (including phenoxy) is 1. The van der Waals surface area contributed by atoms with Crippen LogP contribution in [-0.2, 0) is 14.3 Å². The van der Waals surface area contributed by atoms with E-state index < -0.39 is 0 Å². The van der Waals surface area contributed by atoms with Crippen molar-refractivity contribution in [1.82, 2.24) is 4.90 Å². The first kappa shape index (κ1) is 14.6. The summed E-state index contributed by atoms with van der Waals surface area (Å²) < 4.78 is 4.96. The number of fused-ring (bicyclic) bond motifs is 1. The van der Waals surface area contributed by atoms with Gasteiger partial charge in [0, 0.05) is 12.0 Å². The number of carbonyl (C=O) groups excluding carboxylic acids is 2. The SMILES string of the molecule is COC(=O)C1CC2CCCCC2N1C(=O)C1CC=CCC1. The Morgan fingerprint density at radius 2 is 1.95 bits per heavy atom. The number of carbonyl (C=O) groups is 2. The summed E-state index contributed by atoms with van der Waals surface area (Å²) in [6.45, 7) is 0. The maximum Gasteiger partial charge on any atom is 0.328 e. The summed E-state index contributed by atoms with van der Waals surface area (Å²) in [4.78, 5) is 27.0. The van der Waals surface area contributed by atoms with Gasteiger partial charge in [-0.1, -0.05) is 25.0 Å². The van der Waals surface area contributed by atoms with Crippen LogP contribution in [0.5, 0.6) is 0 Å². The number of likely N-dealkylation sites (tertiary alicyclic amines) is 1. The molecule has 0 N–H and O–H groups in total. The molecule has 0 aromatic heterocycles. The molecule has 3 aliphatic rings. The second-order valence-corrected chi connectivity index (χ2v) is 6.61. The predicted octanol–water partition coefficient (Wildman–Crippen LogP) is 2.68. The Morgan fingerprint density at radius 3 is 2.67 bits per heavy atom. The summed E-state index contributed by atoms with van der Waals surface area (Å²) in [7, 11) is 1.43. The molecule has 0 bridgehead atoms. The van der Waals surface area contributed by atoms with Crippen molar-refractivity contribution in [2.24, 2.45) is 11.8 Å². The fourth-order valence-electron chi connectivity index (χ4n) is 4.35. The zero-order valence-corrected chi connectivity index (χ0v) is 12.8. The smallest absolute Gasteiger partial charge is 0.328 e. The van der Waals surface area contributed by atoms with Crippen molar-refractivity contribution in [3.8, 4) is 0 Å². The minimum absolute atomic E-state index is 0.0582. The van der Waals surface area contributed by atoms with Gasteiger partial charge in [0.2, 0.25) is 5.91 Å². The summed E-state index contributed by atoms with van der Waals surface area (Å²) in [5, 5.41) is 0. The van der Waals surface area contributed by atoms with Gasteiger partial charge in [-0.05, 0) is 44.4 Å². The van der Waals surface area contributed by atoms with Crippen molar-refractivity contribution in [3.63, 3.8) is 0 Å². The van der Waals surface area contributed by atoms with E-state index in [2.05, 4.69) is 12.2 Å². The first-order chi connectivity index (χ1) is 10.2. The third-order valence-corrected chi connectivity index (χ3v) is 5.43. The Bertz CT molecular complexity index is 445. The normalized spacial score (nSPS) is 35.4. The third kappa shape index (κ3) is 2.72. The molecule has 4 nitrogen and oxygen atoms in total. The van der Waals surface area contributed by atoms with E-state index >= 15 is 0 Å². The molecule has 0 radical (unpaired) electrons. The number of amides is 1. The molecule has 1 saturated carbocycles. The van der Waals surface area contributed by atoms with Crippen LogP contribution in [-0.4, -0.2) is 36.0 Å². The molecule has 21 heavy (non-hydrogen) atoms. The van der Waals surface area contributed by atoms with E-state index in [4.69, 9.17) is 4.74 Å². The van der Waals surface area contributed by atoms with Crippen LogP contribution in [0.1, 0.15) is 51.4 Å². The molecule has 4 heteroatoms. The van der Waals surface area contributed by atoms with E-state index in [-0.39, 0.29) is 29.9 Å². The highest BCUT2D eigenvalue weighted by Gasteiger charge is 2.48. The predicted molar refractivity (Wildman–Crippen MR) is 79.5 cm³/mol. The van der Waals surface area contributed by atoms with Crippen molar-refractivity contribution >= 4 is 11.9 Å². The van der Waals surface area contributed by atoms with Gasteiger partial charge in [-0.25, -0.2) is 4.79 Å². The Hall–Kier alpha value is -1.32. The quantitative estimate of drug-likeness (QED) is 0.580. The molecule has 2 aliphatic carbocycles. The Morgan fingerprint density at radius 1 is 1.14 bits per heavy atom. The first-order valence-corrected chi connectivity index (χ1v) is 8.27. The fraction of sp³-hybridized carbons (Fsp3) is 0.765. The van der Waals surface area contributed by atoms with Gasteiger partial charge in [-0.2, -0.15) is 0 Å². The average molecular weight is 291 g/mol. The number of nitrogens with zero attached hydrogens (tertiary/aromatic N) is 1. The minimum atomic E-state index is -0.346. The lowest BCUT2D eigenvalue weighted by Gasteiger charge is -2.35. The molecular formula is C17H25NO3. The zero-order valence-electron chi connectivity index (χ0n) is 12.8. The van der Waals surface area contributed by atoms with E-state index in [0.29, 0.717) is 5.92 Å². The van der Waals surface area contributed by atoms with Gasteiger partial charge in [0.05, 0.1) is 7.11 Å². The second kappa shape index (κ2) is 6.20. The number of methoxy groups -OCH3 is 1. The van der Waals surface area contributed by atoms with E-state index in [1.54, 1.807) is 0 Å². The lowest BCUT2D eigenvalue weighted by atomic mass is 9.84. The monoisotopic (exact) mass is 291 g/mol. The van der Waals surface area contributed by atoms with Gasteiger partial charge in [0.1, 0.15) is 6.04 Å². The molecule has 2 fully saturated rings. The van der Waals surface area contributed by atoms with E-state index in [1.165, 1.54) is 20.0 Å². The van der Waals surface area contributed by atoms with Crippen molar-refractivity contribution in [1.29, 1.82) is 0 Å². The third-order valence-electron chi connectivity index (χ3n) is 5.43. The number of rotatable bonds is 2. The van der Waals surface area contributed by atoms with Crippen LogP contribution in [0.15, 0.2) is 12.2 Å². The Kier molecular flexibility index (Phi) is 4.32. The van der Waals surface area contributed by atoms with Gasteiger partial charge in [0.15, 0.2) is 0 Å². The molecule has 4 atom stereocenters. The lowest BCUT2D eigenvalue weighted by molar-refractivity contribution is -0.154. The summed E-state index contributed by atoms with van der Waals surface area (Å²) in [5.41, 5.74) is 0. The van der Waals surface area contributed by atoms with E-state index in [1.807, 2.05) is 4.90 Å². The largest absolute Gasteiger partial charge is 0.467 e. The molecule has 0 aromatic carbocycles. The van der Waals surface area contributed by atoms with Gasteiger partial charge in [-0.15, -0.1) is 0 Å². The van der Waals surface area contributed by atoms with E-state index in [9.17, 15) is 9.59 Å². The maximum absolute atomic E-state index is 13.0. The number of hydrogen-bond donors (Lipinski definition) is 0. The van der Waals surface area contributed by atoms with Crippen molar-refractivity contribution in [2.45, 2.75) is 63.5 Å². The molecule has 1 heterocycles. The second-order valence-electron chi connectivity index (χ2n) is 6.61. The van der Waals surface area contributed by atoms with E-state index in [0.717, 1.165) is 38.5 Å². The first-order valence-electron chi connectivity index (χ1n) is 8.27. The highest BCUT2D eigenvalue weighted by atomic mass is 16.5. The van der Waals surface area contributed by atoms with Crippen LogP contribution < -0.4 is 0 Å². The number of hydrogen-bond acceptors (Lipinski definition) is 3. The molecular weight excluding hydrogens is 266 g/mol. The molecule has 116 valence electrons. The van der Waals surface area contributed by atoms with Crippen LogP contribution in [0.3, 0.4) is 0 Å². The summed E-state index contributed by atoms with van der Waals surface area (Å²) in [6, 6.07) is -0.0808. The highest BCUT2D eigenvalue weighted by Crippen LogP contribution is 2.41. The minimum Gasteiger partial charge on any atom is -0.467 e. The summed E-state index contributed by atoms with van der Waals surface area (Å²) in [5.74, 6) is 0.502. The van der Waals surface area contributed by atoms with Crippen LogP contribution >= 0.6 is 0 Å².